The summed E-state index contributed by atoms with van der Waals surface area (Å²) in [6, 6.07) is 1.98. The highest BCUT2D eigenvalue weighted by atomic mass is 16.6. The van der Waals surface area contributed by atoms with Crippen molar-refractivity contribution in [3.8, 4) is 0 Å². The lowest BCUT2D eigenvalue weighted by molar-refractivity contribution is 0.0266. The number of pyridine rings is 1. The molecule has 1 aliphatic rings. The Balaban J connectivity index is 0.00000139. The Bertz CT molecular complexity index is 562. The highest BCUT2D eigenvalue weighted by molar-refractivity contribution is 5.68. The molecule has 2 rings (SSSR count). The molecule has 5 heteroatoms. The van der Waals surface area contributed by atoms with Gasteiger partial charge in [0.1, 0.15) is 5.60 Å². The van der Waals surface area contributed by atoms with E-state index in [1.54, 1.807) is 11.1 Å². The molecule has 0 saturated heterocycles. The summed E-state index contributed by atoms with van der Waals surface area (Å²) < 4.78 is 5.39. The van der Waals surface area contributed by atoms with Crippen molar-refractivity contribution in [1.29, 1.82) is 0 Å². The zero-order valence-corrected chi connectivity index (χ0v) is 15.8. The van der Waals surface area contributed by atoms with Gasteiger partial charge in [0.2, 0.25) is 0 Å². The van der Waals surface area contributed by atoms with Crippen LogP contribution in [0.15, 0.2) is 30.1 Å². The van der Waals surface area contributed by atoms with E-state index in [1.807, 2.05) is 53.8 Å². The fraction of sp³-hybridized carbons (Fsp3) is 0.579. The maximum absolute atomic E-state index is 12.0. The van der Waals surface area contributed by atoms with Crippen LogP contribution in [0.4, 0.5) is 10.5 Å². The molecule has 0 saturated carbocycles. The molecule has 1 amide bonds. The number of hydrogen-bond donors (Lipinski definition) is 1. The van der Waals surface area contributed by atoms with Gasteiger partial charge in [-0.15, -0.1) is 0 Å². The van der Waals surface area contributed by atoms with Crippen LogP contribution in [0.25, 0.3) is 0 Å². The van der Waals surface area contributed by atoms with Crippen LogP contribution in [0.2, 0.25) is 0 Å². The number of amides is 1. The minimum atomic E-state index is -0.443. The summed E-state index contributed by atoms with van der Waals surface area (Å²) in [5.41, 5.74) is 3.11. The summed E-state index contributed by atoms with van der Waals surface area (Å²) in [4.78, 5) is 17.8. The normalized spacial score (nSPS) is 14.2. The molecular weight excluding hydrogens is 302 g/mol. The van der Waals surface area contributed by atoms with Gasteiger partial charge in [0.25, 0.3) is 0 Å². The SMILES string of the molecule is CC.Cc1cnccc1NCC1=CCN(C(=O)OC(C)(C)C)CC1. The van der Waals surface area contributed by atoms with Crippen LogP contribution < -0.4 is 5.32 Å². The molecule has 5 nitrogen and oxygen atoms in total. The number of nitrogens with one attached hydrogen (secondary N) is 1. The van der Waals surface area contributed by atoms with Gasteiger partial charge in [0.05, 0.1) is 0 Å². The molecule has 1 aromatic heterocycles. The van der Waals surface area contributed by atoms with E-state index in [-0.39, 0.29) is 6.09 Å². The van der Waals surface area contributed by atoms with E-state index in [0.29, 0.717) is 13.1 Å². The van der Waals surface area contributed by atoms with Crippen LogP contribution in [0.5, 0.6) is 0 Å². The summed E-state index contributed by atoms with van der Waals surface area (Å²) in [5, 5.41) is 3.42. The van der Waals surface area contributed by atoms with Gasteiger partial charge in [-0.1, -0.05) is 25.5 Å². The number of aromatic nitrogens is 1. The highest BCUT2D eigenvalue weighted by Crippen LogP contribution is 2.17. The second-order valence-corrected chi connectivity index (χ2v) is 6.58. The Hall–Kier alpha value is -2.04. The molecule has 24 heavy (non-hydrogen) atoms. The first-order valence-electron chi connectivity index (χ1n) is 8.65. The Morgan fingerprint density at radius 2 is 2.08 bits per heavy atom. The first kappa shape index (κ1) is 20.0. The smallest absolute Gasteiger partial charge is 0.410 e. The number of rotatable bonds is 3. The number of nitrogens with zero attached hydrogens (tertiary/aromatic N) is 2. The van der Waals surface area contributed by atoms with Crippen molar-refractivity contribution >= 4 is 11.8 Å². The van der Waals surface area contributed by atoms with Crippen molar-refractivity contribution < 1.29 is 9.53 Å². The number of ether oxygens (including phenoxy) is 1. The maximum atomic E-state index is 12.0. The summed E-state index contributed by atoms with van der Waals surface area (Å²) in [5.74, 6) is 0. The van der Waals surface area contributed by atoms with Gasteiger partial charge in [0.15, 0.2) is 0 Å². The van der Waals surface area contributed by atoms with Crippen molar-refractivity contribution in [1.82, 2.24) is 9.88 Å². The molecule has 0 unspecified atom stereocenters. The molecule has 1 aliphatic heterocycles. The summed E-state index contributed by atoms with van der Waals surface area (Å²) in [6.45, 7) is 13.8. The molecule has 0 bridgehead atoms. The van der Waals surface area contributed by atoms with Gasteiger partial charge in [-0.05, 0) is 45.7 Å². The van der Waals surface area contributed by atoms with E-state index in [0.717, 1.165) is 24.2 Å². The maximum Gasteiger partial charge on any atom is 0.410 e. The number of carbonyl (C=O) groups excluding carboxylic acids is 1. The monoisotopic (exact) mass is 333 g/mol. The van der Waals surface area contributed by atoms with E-state index in [4.69, 9.17) is 4.74 Å². The molecule has 0 fully saturated rings. The lowest BCUT2D eigenvalue weighted by atomic mass is 10.1. The van der Waals surface area contributed by atoms with Crippen molar-refractivity contribution in [3.05, 3.63) is 35.7 Å². The van der Waals surface area contributed by atoms with E-state index < -0.39 is 5.60 Å². The molecular formula is C19H31N3O2. The summed E-state index contributed by atoms with van der Waals surface area (Å²) >= 11 is 0. The number of aryl methyl sites for hydroxylation is 1. The summed E-state index contributed by atoms with van der Waals surface area (Å²) in [6.07, 6.45) is 6.38. The zero-order chi connectivity index (χ0) is 18.2. The van der Waals surface area contributed by atoms with E-state index in [1.165, 1.54) is 5.57 Å². The lowest BCUT2D eigenvalue weighted by Gasteiger charge is -2.29. The van der Waals surface area contributed by atoms with Crippen molar-refractivity contribution in [3.63, 3.8) is 0 Å². The molecule has 0 aromatic carbocycles. The predicted molar refractivity (Wildman–Crippen MR) is 99.3 cm³/mol. The third-order valence-electron chi connectivity index (χ3n) is 3.48. The van der Waals surface area contributed by atoms with Crippen molar-refractivity contribution in [2.24, 2.45) is 0 Å². The van der Waals surface area contributed by atoms with Crippen LogP contribution in [-0.2, 0) is 4.74 Å². The summed E-state index contributed by atoms with van der Waals surface area (Å²) in [7, 11) is 0. The van der Waals surface area contributed by atoms with Gasteiger partial charge in [-0.2, -0.15) is 0 Å². The van der Waals surface area contributed by atoms with Gasteiger partial charge in [0, 0.05) is 37.7 Å². The zero-order valence-electron chi connectivity index (χ0n) is 15.8. The van der Waals surface area contributed by atoms with Crippen LogP contribution >= 0.6 is 0 Å². The molecule has 0 radical (unpaired) electrons. The van der Waals surface area contributed by atoms with E-state index in [2.05, 4.69) is 16.4 Å². The van der Waals surface area contributed by atoms with Gasteiger partial charge in [-0.3, -0.25) is 4.98 Å². The molecule has 0 spiro atoms. The predicted octanol–water partition coefficient (Wildman–Crippen LogP) is 4.40. The largest absolute Gasteiger partial charge is 0.444 e. The van der Waals surface area contributed by atoms with Crippen molar-refractivity contribution in [2.75, 3.05) is 25.0 Å². The average molecular weight is 333 g/mol. The van der Waals surface area contributed by atoms with Crippen LogP contribution in [-0.4, -0.2) is 41.2 Å². The van der Waals surface area contributed by atoms with Gasteiger partial charge in [-0.25, -0.2) is 4.79 Å². The molecule has 0 atom stereocenters. The third kappa shape index (κ3) is 6.60. The number of anilines is 1. The van der Waals surface area contributed by atoms with Gasteiger partial charge >= 0.3 is 6.09 Å². The first-order chi connectivity index (χ1) is 11.3. The number of carbonyl (C=O) groups is 1. The van der Waals surface area contributed by atoms with Crippen LogP contribution in [0.3, 0.4) is 0 Å². The molecule has 1 aromatic rings. The fourth-order valence-electron chi connectivity index (χ4n) is 2.24. The van der Waals surface area contributed by atoms with E-state index in [9.17, 15) is 4.79 Å². The lowest BCUT2D eigenvalue weighted by Crippen LogP contribution is -2.39. The minimum Gasteiger partial charge on any atom is -0.444 e. The molecule has 2 heterocycles. The Morgan fingerprint density at radius 1 is 1.38 bits per heavy atom. The average Bonchev–Trinajstić information content (AvgIpc) is 2.55. The Morgan fingerprint density at radius 3 is 2.62 bits per heavy atom. The quantitative estimate of drug-likeness (QED) is 0.833. The third-order valence-corrected chi connectivity index (χ3v) is 3.48. The fourth-order valence-corrected chi connectivity index (χ4v) is 2.24. The minimum absolute atomic E-state index is 0.235. The Labute approximate surface area is 146 Å². The Kier molecular flexibility index (Phi) is 7.75. The molecule has 134 valence electrons. The molecule has 0 aliphatic carbocycles. The van der Waals surface area contributed by atoms with E-state index >= 15 is 0 Å². The number of hydrogen-bond acceptors (Lipinski definition) is 4. The van der Waals surface area contributed by atoms with Crippen LogP contribution in [0, 0.1) is 6.92 Å². The topological polar surface area (TPSA) is 54.5 Å². The van der Waals surface area contributed by atoms with Crippen molar-refractivity contribution in [2.45, 2.75) is 53.6 Å². The second kappa shape index (κ2) is 9.30. The van der Waals surface area contributed by atoms with Gasteiger partial charge < -0.3 is 15.0 Å². The second-order valence-electron chi connectivity index (χ2n) is 6.58. The molecule has 1 N–H and O–H groups in total. The van der Waals surface area contributed by atoms with Crippen LogP contribution in [0.1, 0.15) is 46.6 Å². The standard InChI is InChI=1S/C17H25N3O2.C2H6/c1-13-11-18-8-5-15(13)19-12-14-6-9-20(10-7-14)16(21)22-17(2,3)4;1-2/h5-6,8,11H,7,9-10,12H2,1-4H3,(H,18,19);1-2H3. The highest BCUT2D eigenvalue weighted by Gasteiger charge is 2.23. The first-order valence-corrected chi connectivity index (χ1v) is 8.65.